The Morgan fingerprint density at radius 3 is 2.76 bits per heavy atom. The number of rotatable bonds is 3. The van der Waals surface area contributed by atoms with E-state index in [2.05, 4.69) is 29.1 Å². The molecule has 0 amide bonds. The first-order valence-electron chi connectivity index (χ1n) is 5.42. The summed E-state index contributed by atoms with van der Waals surface area (Å²) in [4.78, 5) is 7.90. The molecule has 1 aliphatic rings. The number of hydrogen-bond acceptors (Lipinski definition) is 4. The maximum atomic E-state index is 6.01. The molecule has 0 radical (unpaired) electrons. The topological polar surface area (TPSA) is 47.0 Å². The maximum absolute atomic E-state index is 6.01. The summed E-state index contributed by atoms with van der Waals surface area (Å²) in [5, 5.41) is 3.96. The second kappa shape index (κ2) is 4.59. The SMILES string of the molecule is COC1CC(Nc2nc(Cl)ncc2Cl)C1(C)C. The molecule has 0 aromatic carbocycles. The Balaban J connectivity index is 2.10. The van der Waals surface area contributed by atoms with Crippen molar-refractivity contribution < 1.29 is 4.74 Å². The van der Waals surface area contributed by atoms with Gasteiger partial charge in [-0.05, 0) is 18.0 Å². The lowest BCUT2D eigenvalue weighted by Gasteiger charge is -2.51. The van der Waals surface area contributed by atoms with E-state index in [1.807, 2.05) is 0 Å². The number of hydrogen-bond donors (Lipinski definition) is 1. The van der Waals surface area contributed by atoms with Gasteiger partial charge in [-0.2, -0.15) is 4.98 Å². The van der Waals surface area contributed by atoms with Crippen LogP contribution in [0.3, 0.4) is 0 Å². The van der Waals surface area contributed by atoms with E-state index in [1.54, 1.807) is 7.11 Å². The molecule has 4 nitrogen and oxygen atoms in total. The van der Waals surface area contributed by atoms with Gasteiger partial charge in [-0.1, -0.05) is 25.4 Å². The smallest absolute Gasteiger partial charge is 0.224 e. The minimum Gasteiger partial charge on any atom is -0.381 e. The highest BCUT2D eigenvalue weighted by atomic mass is 35.5. The Morgan fingerprint density at radius 2 is 2.18 bits per heavy atom. The maximum Gasteiger partial charge on any atom is 0.224 e. The first kappa shape index (κ1) is 12.9. The minimum atomic E-state index is 0.0511. The monoisotopic (exact) mass is 275 g/mol. The van der Waals surface area contributed by atoms with E-state index in [9.17, 15) is 0 Å². The average molecular weight is 276 g/mol. The van der Waals surface area contributed by atoms with Crippen LogP contribution in [0.15, 0.2) is 6.20 Å². The second-order valence-electron chi connectivity index (χ2n) is 4.81. The fourth-order valence-electron chi connectivity index (χ4n) is 2.14. The summed E-state index contributed by atoms with van der Waals surface area (Å²) in [6, 6.07) is 0.274. The van der Waals surface area contributed by atoms with Crippen LogP contribution >= 0.6 is 23.2 Å². The number of methoxy groups -OCH3 is 1. The van der Waals surface area contributed by atoms with Crippen molar-refractivity contribution in [2.45, 2.75) is 32.4 Å². The number of nitrogens with zero attached hydrogens (tertiary/aromatic N) is 2. The van der Waals surface area contributed by atoms with Gasteiger partial charge in [0, 0.05) is 18.6 Å². The van der Waals surface area contributed by atoms with Gasteiger partial charge in [0.2, 0.25) is 5.28 Å². The quantitative estimate of drug-likeness (QED) is 0.862. The van der Waals surface area contributed by atoms with Crippen molar-refractivity contribution in [1.82, 2.24) is 9.97 Å². The van der Waals surface area contributed by atoms with Crippen molar-refractivity contribution in [2.24, 2.45) is 5.41 Å². The van der Waals surface area contributed by atoms with E-state index in [1.165, 1.54) is 6.20 Å². The zero-order chi connectivity index (χ0) is 12.6. The first-order valence-corrected chi connectivity index (χ1v) is 6.18. The summed E-state index contributed by atoms with van der Waals surface area (Å²) in [6.45, 7) is 4.30. The van der Waals surface area contributed by atoms with Gasteiger partial charge in [-0.25, -0.2) is 4.98 Å². The molecule has 1 aromatic rings. The highest BCUT2D eigenvalue weighted by Crippen LogP contribution is 2.44. The molecule has 0 aliphatic heterocycles. The zero-order valence-electron chi connectivity index (χ0n) is 10.00. The molecule has 2 atom stereocenters. The van der Waals surface area contributed by atoms with Crippen LogP contribution in [0.1, 0.15) is 20.3 Å². The van der Waals surface area contributed by atoms with E-state index >= 15 is 0 Å². The number of ether oxygens (including phenoxy) is 1. The molecular weight excluding hydrogens is 261 g/mol. The molecule has 0 spiro atoms. The third kappa shape index (κ3) is 2.34. The molecule has 1 saturated carbocycles. The molecule has 2 rings (SSSR count). The third-order valence-corrected chi connectivity index (χ3v) is 3.95. The standard InChI is InChI=1S/C11H15Cl2N3O/c1-11(2)7(4-8(11)17-3)15-9-6(12)5-14-10(13)16-9/h5,7-8H,4H2,1-3H3,(H,14,15,16). The predicted molar refractivity (Wildman–Crippen MR) is 68.7 cm³/mol. The van der Waals surface area contributed by atoms with Crippen molar-refractivity contribution in [3.05, 3.63) is 16.5 Å². The number of anilines is 1. The number of aromatic nitrogens is 2. The molecule has 94 valence electrons. The molecular formula is C11H15Cl2N3O. The molecule has 0 saturated heterocycles. The molecule has 1 heterocycles. The van der Waals surface area contributed by atoms with E-state index in [4.69, 9.17) is 27.9 Å². The van der Waals surface area contributed by atoms with Gasteiger partial charge in [-0.3, -0.25) is 0 Å². The van der Waals surface area contributed by atoms with Crippen LogP contribution in [-0.4, -0.2) is 29.2 Å². The van der Waals surface area contributed by atoms with Crippen LogP contribution in [0.25, 0.3) is 0 Å². The molecule has 2 unspecified atom stereocenters. The Morgan fingerprint density at radius 1 is 1.47 bits per heavy atom. The first-order chi connectivity index (χ1) is 7.95. The predicted octanol–water partition coefficient (Wildman–Crippen LogP) is 3.01. The summed E-state index contributed by atoms with van der Waals surface area (Å²) < 4.78 is 5.39. The lowest BCUT2D eigenvalue weighted by Crippen LogP contribution is -2.57. The van der Waals surface area contributed by atoms with Crippen LogP contribution in [0.4, 0.5) is 5.82 Å². The molecule has 1 N–H and O–H groups in total. The normalized spacial score (nSPS) is 26.4. The van der Waals surface area contributed by atoms with Gasteiger partial charge in [0.05, 0.1) is 12.3 Å². The van der Waals surface area contributed by atoms with Crippen molar-refractivity contribution in [1.29, 1.82) is 0 Å². The summed E-state index contributed by atoms with van der Waals surface area (Å²) in [5.41, 5.74) is 0.0511. The van der Waals surface area contributed by atoms with Crippen LogP contribution < -0.4 is 5.32 Å². The zero-order valence-corrected chi connectivity index (χ0v) is 11.5. The summed E-state index contributed by atoms with van der Waals surface area (Å²) in [6.07, 6.45) is 2.69. The van der Waals surface area contributed by atoms with Gasteiger partial charge in [0.25, 0.3) is 0 Å². The van der Waals surface area contributed by atoms with E-state index in [-0.39, 0.29) is 22.8 Å². The van der Waals surface area contributed by atoms with Gasteiger partial charge in [0.1, 0.15) is 10.8 Å². The molecule has 1 fully saturated rings. The molecule has 17 heavy (non-hydrogen) atoms. The van der Waals surface area contributed by atoms with Crippen molar-refractivity contribution in [3.63, 3.8) is 0 Å². The number of nitrogens with one attached hydrogen (secondary N) is 1. The molecule has 6 heteroatoms. The van der Waals surface area contributed by atoms with E-state index in [0.717, 1.165) is 6.42 Å². The van der Waals surface area contributed by atoms with Crippen molar-refractivity contribution in [2.75, 3.05) is 12.4 Å². The van der Waals surface area contributed by atoms with E-state index in [0.29, 0.717) is 10.8 Å². The molecule has 1 aliphatic carbocycles. The lowest BCUT2D eigenvalue weighted by molar-refractivity contribution is -0.0795. The minimum absolute atomic E-state index is 0.0511. The summed E-state index contributed by atoms with van der Waals surface area (Å²) >= 11 is 11.8. The third-order valence-electron chi connectivity index (χ3n) is 3.49. The fraction of sp³-hybridized carbons (Fsp3) is 0.636. The molecule has 1 aromatic heterocycles. The highest BCUT2D eigenvalue weighted by Gasteiger charge is 2.48. The van der Waals surface area contributed by atoms with Crippen molar-refractivity contribution >= 4 is 29.0 Å². The number of halogens is 2. The van der Waals surface area contributed by atoms with Gasteiger partial charge in [-0.15, -0.1) is 0 Å². The Kier molecular flexibility index (Phi) is 3.48. The summed E-state index contributed by atoms with van der Waals surface area (Å²) in [7, 11) is 1.73. The average Bonchev–Trinajstić information content (AvgIpc) is 2.28. The van der Waals surface area contributed by atoms with Gasteiger partial charge >= 0.3 is 0 Å². The van der Waals surface area contributed by atoms with Gasteiger partial charge < -0.3 is 10.1 Å². The Labute approximate surface area is 111 Å². The Bertz CT molecular complexity index is 425. The lowest BCUT2D eigenvalue weighted by atomic mass is 9.64. The largest absolute Gasteiger partial charge is 0.381 e. The highest BCUT2D eigenvalue weighted by molar-refractivity contribution is 6.33. The van der Waals surface area contributed by atoms with Crippen LogP contribution in [0.5, 0.6) is 0 Å². The fourth-order valence-corrected chi connectivity index (χ4v) is 2.42. The molecule has 0 bridgehead atoms. The van der Waals surface area contributed by atoms with Gasteiger partial charge in [0.15, 0.2) is 0 Å². The van der Waals surface area contributed by atoms with Crippen LogP contribution in [0, 0.1) is 5.41 Å². The Hall–Kier alpha value is -0.580. The van der Waals surface area contributed by atoms with Crippen LogP contribution in [0.2, 0.25) is 10.3 Å². The van der Waals surface area contributed by atoms with Crippen molar-refractivity contribution in [3.8, 4) is 0 Å². The second-order valence-corrected chi connectivity index (χ2v) is 5.56. The van der Waals surface area contributed by atoms with Crippen LogP contribution in [-0.2, 0) is 4.74 Å². The van der Waals surface area contributed by atoms with E-state index < -0.39 is 0 Å². The summed E-state index contributed by atoms with van der Waals surface area (Å²) in [5.74, 6) is 0.583.